The predicted molar refractivity (Wildman–Crippen MR) is 122 cm³/mol. The van der Waals surface area contributed by atoms with Gasteiger partial charge in [0.15, 0.2) is 0 Å². The molecule has 0 bridgehead atoms. The Kier molecular flexibility index (Phi) is 3.19. The van der Waals surface area contributed by atoms with E-state index in [2.05, 4.69) is 98.8 Å². The molecule has 0 spiro atoms. The number of rotatable bonds is 1. The first-order chi connectivity index (χ1) is 13.6. The SMILES string of the molecule is CC1(C)c2ccccc2-c2ccc(-c3ccc4c(c3)sc3ccccc34)cc21. The standard InChI is InChI=1S/C27H20S/c1-27(2)23-9-5-3-7-19(23)20-13-11-17(15-24(20)27)18-12-14-22-21-8-4-6-10-25(21)28-26(22)16-18/h3-16H,1-2H3. The first-order valence-corrected chi connectivity index (χ1v) is 10.6. The molecular formula is C27H20S. The van der Waals surface area contributed by atoms with E-state index in [1.165, 1.54) is 53.6 Å². The fourth-order valence-corrected chi connectivity index (χ4v) is 5.93. The second-order valence-corrected chi connectivity index (χ2v) is 9.32. The van der Waals surface area contributed by atoms with Crippen LogP contribution in [-0.4, -0.2) is 0 Å². The fourth-order valence-electron chi connectivity index (χ4n) is 4.79. The third-order valence-corrected chi connectivity index (χ3v) is 7.43. The van der Waals surface area contributed by atoms with E-state index in [1.807, 2.05) is 11.3 Å². The van der Waals surface area contributed by atoms with Gasteiger partial charge < -0.3 is 0 Å². The summed E-state index contributed by atoms with van der Waals surface area (Å²) in [6.07, 6.45) is 0. The molecule has 1 heterocycles. The normalized spacial score (nSPS) is 14.4. The van der Waals surface area contributed by atoms with E-state index in [0.717, 1.165) is 0 Å². The number of fused-ring (bicyclic) bond motifs is 6. The van der Waals surface area contributed by atoms with Crippen molar-refractivity contribution in [1.29, 1.82) is 0 Å². The van der Waals surface area contributed by atoms with Crippen LogP contribution in [0.2, 0.25) is 0 Å². The van der Waals surface area contributed by atoms with E-state index >= 15 is 0 Å². The molecule has 4 aromatic carbocycles. The Morgan fingerprint density at radius 1 is 0.571 bits per heavy atom. The lowest BCUT2D eigenvalue weighted by Crippen LogP contribution is -2.14. The molecule has 0 saturated carbocycles. The molecule has 1 heteroatoms. The highest BCUT2D eigenvalue weighted by molar-refractivity contribution is 7.25. The van der Waals surface area contributed by atoms with E-state index in [-0.39, 0.29) is 5.41 Å². The smallest absolute Gasteiger partial charge is 0.0361 e. The lowest BCUT2D eigenvalue weighted by Gasteiger charge is -2.22. The zero-order valence-electron chi connectivity index (χ0n) is 16.0. The van der Waals surface area contributed by atoms with Crippen molar-refractivity contribution in [2.75, 3.05) is 0 Å². The number of hydrogen-bond donors (Lipinski definition) is 0. The van der Waals surface area contributed by atoms with Crippen LogP contribution < -0.4 is 0 Å². The van der Waals surface area contributed by atoms with Crippen molar-refractivity contribution >= 4 is 31.5 Å². The van der Waals surface area contributed by atoms with Gasteiger partial charge >= 0.3 is 0 Å². The molecule has 28 heavy (non-hydrogen) atoms. The summed E-state index contributed by atoms with van der Waals surface area (Å²) in [4.78, 5) is 0. The average molecular weight is 377 g/mol. The van der Waals surface area contributed by atoms with Crippen LogP contribution in [0.3, 0.4) is 0 Å². The lowest BCUT2D eigenvalue weighted by molar-refractivity contribution is 0.660. The second-order valence-electron chi connectivity index (χ2n) is 8.24. The van der Waals surface area contributed by atoms with Gasteiger partial charge in [0.25, 0.3) is 0 Å². The Morgan fingerprint density at radius 2 is 1.25 bits per heavy atom. The van der Waals surface area contributed by atoms with E-state index in [0.29, 0.717) is 0 Å². The predicted octanol–water partition coefficient (Wildman–Crippen LogP) is 8.03. The molecule has 0 fully saturated rings. The largest absolute Gasteiger partial charge is 0.135 e. The highest BCUT2D eigenvalue weighted by Gasteiger charge is 2.35. The van der Waals surface area contributed by atoms with Gasteiger partial charge in [-0.3, -0.25) is 0 Å². The summed E-state index contributed by atoms with van der Waals surface area (Å²) in [5.41, 5.74) is 8.28. The minimum absolute atomic E-state index is 0.0453. The van der Waals surface area contributed by atoms with Crippen molar-refractivity contribution in [3.8, 4) is 22.3 Å². The monoisotopic (exact) mass is 376 g/mol. The summed E-state index contributed by atoms with van der Waals surface area (Å²) in [5, 5.41) is 2.72. The van der Waals surface area contributed by atoms with E-state index in [9.17, 15) is 0 Å². The number of benzene rings is 4. The van der Waals surface area contributed by atoms with Crippen molar-refractivity contribution in [1.82, 2.24) is 0 Å². The maximum absolute atomic E-state index is 2.41. The highest BCUT2D eigenvalue weighted by atomic mass is 32.1. The Hall–Kier alpha value is -2.90. The van der Waals surface area contributed by atoms with Crippen LogP contribution in [0.15, 0.2) is 84.9 Å². The lowest BCUT2D eigenvalue weighted by atomic mass is 9.81. The molecule has 1 aliphatic rings. The first-order valence-electron chi connectivity index (χ1n) is 9.79. The molecule has 0 aliphatic heterocycles. The zero-order valence-corrected chi connectivity index (χ0v) is 16.8. The van der Waals surface area contributed by atoms with Gasteiger partial charge in [0, 0.05) is 25.6 Å². The average Bonchev–Trinajstić information content (AvgIpc) is 3.21. The Labute approximate surface area is 169 Å². The molecule has 5 aromatic rings. The maximum Gasteiger partial charge on any atom is 0.0361 e. The molecule has 134 valence electrons. The quantitative estimate of drug-likeness (QED) is 0.278. The molecule has 0 saturated heterocycles. The molecule has 0 radical (unpaired) electrons. The van der Waals surface area contributed by atoms with Crippen LogP contribution in [0.5, 0.6) is 0 Å². The van der Waals surface area contributed by atoms with Gasteiger partial charge in [0.2, 0.25) is 0 Å². The summed E-state index contributed by atoms with van der Waals surface area (Å²) in [6, 6.07) is 31.5. The second kappa shape index (κ2) is 5.56. The van der Waals surface area contributed by atoms with E-state index < -0.39 is 0 Å². The van der Waals surface area contributed by atoms with Crippen LogP contribution in [0.4, 0.5) is 0 Å². The van der Waals surface area contributed by atoms with Crippen molar-refractivity contribution < 1.29 is 0 Å². The third kappa shape index (κ3) is 2.11. The Bertz CT molecular complexity index is 1380. The zero-order chi connectivity index (χ0) is 18.9. The molecule has 0 N–H and O–H groups in total. The molecular weight excluding hydrogens is 356 g/mol. The minimum Gasteiger partial charge on any atom is -0.135 e. The van der Waals surface area contributed by atoms with Crippen molar-refractivity contribution in [3.05, 3.63) is 96.1 Å². The van der Waals surface area contributed by atoms with E-state index in [4.69, 9.17) is 0 Å². The van der Waals surface area contributed by atoms with Crippen molar-refractivity contribution in [2.24, 2.45) is 0 Å². The van der Waals surface area contributed by atoms with Gasteiger partial charge in [-0.1, -0.05) is 80.6 Å². The number of thiophene rings is 1. The van der Waals surface area contributed by atoms with Crippen molar-refractivity contribution in [3.63, 3.8) is 0 Å². The van der Waals surface area contributed by atoms with E-state index in [1.54, 1.807) is 0 Å². The highest BCUT2D eigenvalue weighted by Crippen LogP contribution is 2.49. The Morgan fingerprint density at radius 3 is 2.18 bits per heavy atom. The van der Waals surface area contributed by atoms with Crippen LogP contribution in [0.1, 0.15) is 25.0 Å². The molecule has 1 aromatic heterocycles. The minimum atomic E-state index is 0.0453. The van der Waals surface area contributed by atoms with Gasteiger partial charge in [-0.2, -0.15) is 0 Å². The summed E-state index contributed by atoms with van der Waals surface area (Å²) < 4.78 is 2.72. The van der Waals surface area contributed by atoms with Crippen LogP contribution >= 0.6 is 11.3 Å². The molecule has 1 aliphatic carbocycles. The first kappa shape index (κ1) is 16.1. The van der Waals surface area contributed by atoms with Gasteiger partial charge in [-0.05, 0) is 51.6 Å². The molecule has 6 rings (SSSR count). The molecule has 0 atom stereocenters. The van der Waals surface area contributed by atoms with Crippen molar-refractivity contribution in [2.45, 2.75) is 19.3 Å². The van der Waals surface area contributed by atoms with Gasteiger partial charge in [0.1, 0.15) is 0 Å². The molecule has 0 nitrogen and oxygen atoms in total. The Balaban J connectivity index is 1.53. The van der Waals surface area contributed by atoms with Gasteiger partial charge in [0.05, 0.1) is 0 Å². The van der Waals surface area contributed by atoms with Gasteiger partial charge in [-0.15, -0.1) is 11.3 Å². The topological polar surface area (TPSA) is 0 Å². The molecule has 0 amide bonds. The van der Waals surface area contributed by atoms with Crippen LogP contribution in [-0.2, 0) is 5.41 Å². The summed E-state index contributed by atoms with van der Waals surface area (Å²) >= 11 is 1.89. The summed E-state index contributed by atoms with van der Waals surface area (Å²) in [6.45, 7) is 4.69. The van der Waals surface area contributed by atoms with Crippen LogP contribution in [0.25, 0.3) is 42.4 Å². The molecule has 0 unspecified atom stereocenters. The summed E-state index contributed by atoms with van der Waals surface area (Å²) in [5.74, 6) is 0. The maximum atomic E-state index is 2.41. The number of hydrogen-bond acceptors (Lipinski definition) is 1. The van der Waals surface area contributed by atoms with Crippen LogP contribution in [0, 0.1) is 0 Å². The third-order valence-electron chi connectivity index (χ3n) is 6.30. The van der Waals surface area contributed by atoms with Gasteiger partial charge in [-0.25, -0.2) is 0 Å². The fraction of sp³-hybridized carbons (Fsp3) is 0.111. The summed E-state index contributed by atoms with van der Waals surface area (Å²) in [7, 11) is 0.